The fraction of sp³-hybridized carbons (Fsp3) is 0.250. The summed E-state index contributed by atoms with van der Waals surface area (Å²) in [5.41, 5.74) is 0.0868. The number of hydrogen-bond donors (Lipinski definition) is 2. The van der Waals surface area contributed by atoms with Crippen molar-refractivity contribution in [2.45, 2.75) is 13.8 Å². The average molecular weight is 192 g/mol. The van der Waals surface area contributed by atoms with Gasteiger partial charge in [0.15, 0.2) is 5.65 Å². The molecule has 0 saturated heterocycles. The molecule has 0 radical (unpaired) electrons. The Morgan fingerprint density at radius 3 is 2.36 bits per heavy atom. The lowest BCUT2D eigenvalue weighted by molar-refractivity contribution is 0.999. The van der Waals surface area contributed by atoms with Crippen LogP contribution < -0.4 is 11.1 Å². The van der Waals surface area contributed by atoms with Crippen LogP contribution in [0.15, 0.2) is 9.59 Å². The summed E-state index contributed by atoms with van der Waals surface area (Å²) >= 11 is 0. The third-order valence-corrected chi connectivity index (χ3v) is 1.88. The molecule has 0 saturated carbocycles. The van der Waals surface area contributed by atoms with Crippen molar-refractivity contribution in [2.24, 2.45) is 0 Å². The van der Waals surface area contributed by atoms with Gasteiger partial charge in [0.2, 0.25) is 0 Å². The standard InChI is InChI=1S/C8H8N4O2/c1-3-5-6(10-4(2)9-3)12-8(14)7(13)11-5/h1-2H3,(H,11,13)(H,9,10,12,14). The summed E-state index contributed by atoms with van der Waals surface area (Å²) < 4.78 is 0. The van der Waals surface area contributed by atoms with Crippen molar-refractivity contribution in [3.63, 3.8) is 0 Å². The Balaban J connectivity index is 3.03. The summed E-state index contributed by atoms with van der Waals surface area (Å²) in [5, 5.41) is 0. The number of aromatic nitrogens is 4. The Morgan fingerprint density at radius 2 is 1.64 bits per heavy atom. The Labute approximate surface area is 78.0 Å². The third kappa shape index (κ3) is 1.20. The van der Waals surface area contributed by atoms with E-state index in [9.17, 15) is 9.59 Å². The van der Waals surface area contributed by atoms with E-state index in [1.54, 1.807) is 13.8 Å². The van der Waals surface area contributed by atoms with Crippen molar-refractivity contribution >= 4 is 11.2 Å². The summed E-state index contributed by atoms with van der Waals surface area (Å²) in [6.07, 6.45) is 0. The zero-order valence-electron chi connectivity index (χ0n) is 7.71. The quantitative estimate of drug-likeness (QED) is 0.557. The molecule has 0 aliphatic rings. The molecular weight excluding hydrogens is 184 g/mol. The van der Waals surface area contributed by atoms with Gasteiger partial charge in [-0.1, -0.05) is 0 Å². The Morgan fingerprint density at radius 1 is 1.00 bits per heavy atom. The summed E-state index contributed by atoms with van der Waals surface area (Å²) in [5.74, 6) is 0.553. The van der Waals surface area contributed by atoms with E-state index in [1.807, 2.05) is 0 Å². The minimum atomic E-state index is -0.699. The first-order valence-electron chi connectivity index (χ1n) is 4.05. The van der Waals surface area contributed by atoms with E-state index < -0.39 is 11.1 Å². The van der Waals surface area contributed by atoms with E-state index in [-0.39, 0.29) is 0 Å². The summed E-state index contributed by atoms with van der Waals surface area (Å²) in [6, 6.07) is 0. The predicted octanol–water partition coefficient (Wildman–Crippen LogP) is -0.377. The largest absolute Gasteiger partial charge is 0.315 e. The van der Waals surface area contributed by atoms with Gasteiger partial charge >= 0.3 is 11.1 Å². The van der Waals surface area contributed by atoms with Gasteiger partial charge in [0.05, 0.1) is 5.69 Å². The lowest BCUT2D eigenvalue weighted by Gasteiger charge is -2.00. The molecule has 0 aliphatic heterocycles. The molecule has 0 fully saturated rings. The van der Waals surface area contributed by atoms with Gasteiger partial charge in [0, 0.05) is 0 Å². The minimum absolute atomic E-state index is 0.361. The molecule has 0 bridgehead atoms. The van der Waals surface area contributed by atoms with Crippen molar-refractivity contribution < 1.29 is 0 Å². The number of rotatable bonds is 0. The average Bonchev–Trinajstić information content (AvgIpc) is 2.08. The zero-order chi connectivity index (χ0) is 10.3. The second-order valence-electron chi connectivity index (χ2n) is 2.99. The summed E-state index contributed by atoms with van der Waals surface area (Å²) in [6.45, 7) is 3.46. The van der Waals surface area contributed by atoms with Crippen LogP contribution in [0, 0.1) is 13.8 Å². The summed E-state index contributed by atoms with van der Waals surface area (Å²) in [7, 11) is 0. The molecule has 2 heterocycles. The van der Waals surface area contributed by atoms with E-state index in [4.69, 9.17) is 0 Å². The van der Waals surface area contributed by atoms with Crippen molar-refractivity contribution in [1.29, 1.82) is 0 Å². The van der Waals surface area contributed by atoms with Crippen molar-refractivity contribution in [2.75, 3.05) is 0 Å². The number of fused-ring (bicyclic) bond motifs is 1. The van der Waals surface area contributed by atoms with Gasteiger partial charge in [0.1, 0.15) is 11.3 Å². The first kappa shape index (κ1) is 8.61. The van der Waals surface area contributed by atoms with Crippen LogP contribution in [0.25, 0.3) is 11.2 Å². The topological polar surface area (TPSA) is 91.5 Å². The highest BCUT2D eigenvalue weighted by atomic mass is 16.2. The molecule has 0 aromatic carbocycles. The van der Waals surface area contributed by atoms with Crippen LogP contribution in [-0.4, -0.2) is 19.9 Å². The first-order valence-corrected chi connectivity index (χ1v) is 4.05. The number of nitrogens with zero attached hydrogens (tertiary/aromatic N) is 2. The molecule has 6 nitrogen and oxygen atoms in total. The monoisotopic (exact) mass is 192 g/mol. The van der Waals surface area contributed by atoms with Gasteiger partial charge in [0.25, 0.3) is 0 Å². The lowest BCUT2D eigenvalue weighted by atomic mass is 10.3. The molecular formula is C8H8N4O2. The molecule has 0 atom stereocenters. The SMILES string of the molecule is Cc1nc(C)c2[nH]c(=O)c(=O)[nH]c2n1. The van der Waals surface area contributed by atoms with Crippen LogP contribution in [0.4, 0.5) is 0 Å². The highest BCUT2D eigenvalue weighted by Gasteiger charge is 2.04. The third-order valence-electron chi connectivity index (χ3n) is 1.88. The van der Waals surface area contributed by atoms with Crippen LogP contribution in [-0.2, 0) is 0 Å². The van der Waals surface area contributed by atoms with E-state index >= 15 is 0 Å². The molecule has 2 aromatic heterocycles. The number of aromatic amines is 2. The Kier molecular flexibility index (Phi) is 1.70. The van der Waals surface area contributed by atoms with Crippen molar-refractivity contribution in [3.05, 3.63) is 32.2 Å². The molecule has 2 rings (SSSR count). The molecule has 6 heteroatoms. The first-order chi connectivity index (χ1) is 6.58. The molecule has 0 aliphatic carbocycles. The van der Waals surface area contributed by atoms with Crippen LogP contribution in [0.2, 0.25) is 0 Å². The highest BCUT2D eigenvalue weighted by molar-refractivity contribution is 5.71. The maximum Gasteiger partial charge on any atom is 0.315 e. The van der Waals surface area contributed by atoms with Gasteiger partial charge in [-0.3, -0.25) is 9.59 Å². The number of aryl methyl sites for hydroxylation is 2. The van der Waals surface area contributed by atoms with Gasteiger partial charge in [-0.2, -0.15) is 0 Å². The second-order valence-corrected chi connectivity index (χ2v) is 2.99. The second kappa shape index (κ2) is 2.76. The molecule has 72 valence electrons. The maximum atomic E-state index is 11.0. The van der Waals surface area contributed by atoms with Gasteiger partial charge < -0.3 is 9.97 Å². The molecule has 0 unspecified atom stereocenters. The number of nitrogens with one attached hydrogen (secondary N) is 2. The molecule has 0 amide bonds. The van der Waals surface area contributed by atoms with E-state index in [2.05, 4.69) is 19.9 Å². The van der Waals surface area contributed by atoms with Crippen LogP contribution >= 0.6 is 0 Å². The van der Waals surface area contributed by atoms with Crippen molar-refractivity contribution in [1.82, 2.24) is 19.9 Å². The minimum Gasteiger partial charge on any atom is -0.313 e. The zero-order valence-corrected chi connectivity index (χ0v) is 7.71. The predicted molar refractivity (Wildman–Crippen MR) is 50.3 cm³/mol. The van der Waals surface area contributed by atoms with E-state index in [1.165, 1.54) is 0 Å². The molecule has 0 spiro atoms. The lowest BCUT2D eigenvalue weighted by Crippen LogP contribution is -2.29. The molecule has 2 N–H and O–H groups in total. The number of hydrogen-bond acceptors (Lipinski definition) is 4. The number of H-pyrrole nitrogens is 2. The summed E-state index contributed by atoms with van der Waals surface area (Å²) in [4.78, 5) is 34.9. The molecule has 2 aromatic rings. The molecule has 14 heavy (non-hydrogen) atoms. The van der Waals surface area contributed by atoms with E-state index in [0.29, 0.717) is 22.7 Å². The smallest absolute Gasteiger partial charge is 0.313 e. The highest BCUT2D eigenvalue weighted by Crippen LogP contribution is 2.05. The Bertz CT molecular complexity index is 611. The van der Waals surface area contributed by atoms with Gasteiger partial charge in [-0.05, 0) is 13.8 Å². The van der Waals surface area contributed by atoms with Crippen molar-refractivity contribution in [3.8, 4) is 0 Å². The maximum absolute atomic E-state index is 11.0. The van der Waals surface area contributed by atoms with Crippen LogP contribution in [0.1, 0.15) is 11.5 Å². The fourth-order valence-electron chi connectivity index (χ4n) is 1.29. The van der Waals surface area contributed by atoms with Gasteiger partial charge in [-0.25, -0.2) is 9.97 Å². The van der Waals surface area contributed by atoms with Gasteiger partial charge in [-0.15, -0.1) is 0 Å². The van der Waals surface area contributed by atoms with Crippen LogP contribution in [0.5, 0.6) is 0 Å². The normalized spacial score (nSPS) is 10.7. The fourth-order valence-corrected chi connectivity index (χ4v) is 1.29. The van der Waals surface area contributed by atoms with Crippen LogP contribution in [0.3, 0.4) is 0 Å². The van der Waals surface area contributed by atoms with E-state index in [0.717, 1.165) is 0 Å². The Hall–Kier alpha value is -1.98.